The molecule has 0 saturated carbocycles. The number of ether oxygens (including phenoxy) is 1. The molecule has 0 radical (unpaired) electrons. The molecule has 0 aliphatic carbocycles. The van der Waals surface area contributed by atoms with Gasteiger partial charge in [0.1, 0.15) is 12.4 Å². The Balaban J connectivity index is 1.49. The number of amides is 1. The lowest BCUT2D eigenvalue weighted by Gasteiger charge is -2.08. The molecule has 0 unspecified atom stereocenters. The summed E-state index contributed by atoms with van der Waals surface area (Å²) in [4.78, 5) is 18.2. The Bertz CT molecular complexity index is 1080. The lowest BCUT2D eigenvalue weighted by atomic mass is 10.2. The fourth-order valence-electron chi connectivity index (χ4n) is 2.65. The Kier molecular flexibility index (Phi) is 7.56. The highest BCUT2D eigenvalue weighted by Crippen LogP contribution is 2.18. The molecule has 0 fully saturated rings. The largest absolute Gasteiger partial charge is 0.487 e. The molecule has 3 aromatic rings. The van der Waals surface area contributed by atoms with E-state index in [0.29, 0.717) is 36.7 Å². The minimum atomic E-state index is -3.21. The number of thiophene rings is 1. The Labute approximate surface area is 180 Å². The van der Waals surface area contributed by atoms with Crippen molar-refractivity contribution in [1.29, 1.82) is 0 Å². The van der Waals surface area contributed by atoms with Gasteiger partial charge >= 0.3 is 0 Å². The van der Waals surface area contributed by atoms with Gasteiger partial charge in [-0.1, -0.05) is 18.2 Å². The zero-order valence-electron chi connectivity index (χ0n) is 16.5. The number of hydrogen-bond acceptors (Lipinski definition) is 6. The van der Waals surface area contributed by atoms with Crippen LogP contribution in [0.15, 0.2) is 60.8 Å². The highest BCUT2D eigenvalue weighted by atomic mass is 32.2. The molecular formula is C21H23N3O4S2. The Morgan fingerprint density at radius 1 is 1.13 bits per heavy atom. The Hall–Kier alpha value is -2.75. The van der Waals surface area contributed by atoms with E-state index < -0.39 is 10.0 Å². The van der Waals surface area contributed by atoms with Crippen LogP contribution in [0.2, 0.25) is 0 Å². The first kappa shape index (κ1) is 21.9. The van der Waals surface area contributed by atoms with E-state index in [4.69, 9.17) is 4.74 Å². The number of nitrogens with one attached hydrogen (secondary N) is 2. The van der Waals surface area contributed by atoms with Crippen LogP contribution in [0, 0.1) is 0 Å². The van der Waals surface area contributed by atoms with E-state index in [9.17, 15) is 13.2 Å². The van der Waals surface area contributed by atoms with Crippen LogP contribution in [0.1, 0.15) is 25.8 Å². The van der Waals surface area contributed by atoms with E-state index in [1.165, 1.54) is 11.3 Å². The number of carbonyl (C=O) groups excluding carboxylic acids is 1. The molecule has 2 heterocycles. The van der Waals surface area contributed by atoms with Crippen molar-refractivity contribution in [1.82, 2.24) is 15.0 Å². The second kappa shape index (κ2) is 10.3. The van der Waals surface area contributed by atoms with E-state index in [1.807, 2.05) is 48.5 Å². The second-order valence-corrected chi connectivity index (χ2v) is 9.62. The van der Waals surface area contributed by atoms with Crippen molar-refractivity contribution in [2.75, 3.05) is 12.8 Å². The molecule has 1 amide bonds. The summed E-state index contributed by atoms with van der Waals surface area (Å²) in [6.07, 6.45) is 3.39. The van der Waals surface area contributed by atoms with Gasteiger partial charge in [-0.2, -0.15) is 0 Å². The minimum Gasteiger partial charge on any atom is -0.487 e. The quantitative estimate of drug-likeness (QED) is 0.500. The van der Waals surface area contributed by atoms with Crippen molar-refractivity contribution in [2.45, 2.75) is 19.6 Å². The predicted octanol–water partition coefficient (Wildman–Crippen LogP) is 2.74. The predicted molar refractivity (Wildman–Crippen MR) is 117 cm³/mol. The standard InChI is InChI=1S/C21H23N3O4S2/c1-30(26,27)24-12-10-19-8-9-20(29-19)21(25)23-14-16-5-4-7-18(13-16)28-15-17-6-2-3-11-22-17/h2-9,11,13,24H,10,12,14-15H2,1H3,(H,23,25). The maximum Gasteiger partial charge on any atom is 0.261 e. The molecule has 2 aromatic heterocycles. The van der Waals surface area contributed by atoms with Crippen molar-refractivity contribution >= 4 is 27.3 Å². The molecule has 0 atom stereocenters. The van der Waals surface area contributed by atoms with E-state index in [2.05, 4.69) is 15.0 Å². The summed E-state index contributed by atoms with van der Waals surface area (Å²) in [5, 5.41) is 2.90. The summed E-state index contributed by atoms with van der Waals surface area (Å²) < 4.78 is 30.4. The van der Waals surface area contributed by atoms with Crippen LogP contribution in [0.5, 0.6) is 5.75 Å². The van der Waals surface area contributed by atoms with E-state index in [-0.39, 0.29) is 5.91 Å². The molecule has 2 N–H and O–H groups in total. The first-order valence-electron chi connectivity index (χ1n) is 9.32. The molecule has 0 bridgehead atoms. The summed E-state index contributed by atoms with van der Waals surface area (Å²) >= 11 is 1.36. The van der Waals surface area contributed by atoms with E-state index >= 15 is 0 Å². The SMILES string of the molecule is CS(=O)(=O)NCCc1ccc(C(=O)NCc2cccc(OCc3ccccn3)c2)s1. The topological polar surface area (TPSA) is 97.4 Å². The number of sulfonamides is 1. The number of pyridine rings is 1. The van der Waals surface area contributed by atoms with Gasteiger partial charge in [0.2, 0.25) is 10.0 Å². The van der Waals surface area contributed by atoms with Gasteiger partial charge in [0.05, 0.1) is 16.8 Å². The van der Waals surface area contributed by atoms with Crippen molar-refractivity contribution in [3.8, 4) is 5.75 Å². The third-order valence-electron chi connectivity index (χ3n) is 4.09. The van der Waals surface area contributed by atoms with Crippen LogP contribution in [0.4, 0.5) is 0 Å². The van der Waals surface area contributed by atoms with Crippen molar-refractivity contribution in [3.63, 3.8) is 0 Å². The van der Waals surface area contributed by atoms with Crippen molar-refractivity contribution in [3.05, 3.63) is 81.8 Å². The molecule has 1 aromatic carbocycles. The highest BCUT2D eigenvalue weighted by Gasteiger charge is 2.10. The van der Waals surface area contributed by atoms with Crippen molar-refractivity contribution < 1.29 is 17.9 Å². The molecule has 3 rings (SSSR count). The summed E-state index contributed by atoms with van der Waals surface area (Å²) in [7, 11) is -3.21. The van der Waals surface area contributed by atoms with Gasteiger partial charge in [-0.15, -0.1) is 11.3 Å². The summed E-state index contributed by atoms with van der Waals surface area (Å²) in [5.41, 5.74) is 1.77. The summed E-state index contributed by atoms with van der Waals surface area (Å²) in [6, 6.07) is 16.8. The molecule has 0 aliphatic rings. The maximum absolute atomic E-state index is 12.4. The first-order chi connectivity index (χ1) is 14.4. The fraction of sp³-hybridized carbons (Fsp3) is 0.238. The number of benzene rings is 1. The average Bonchev–Trinajstić information content (AvgIpc) is 3.20. The van der Waals surface area contributed by atoms with Gasteiger partial charge in [-0.3, -0.25) is 9.78 Å². The molecule has 9 heteroatoms. The summed E-state index contributed by atoms with van der Waals surface area (Å²) in [5.74, 6) is 0.548. The number of rotatable bonds is 10. The monoisotopic (exact) mass is 445 g/mol. The minimum absolute atomic E-state index is 0.165. The van der Waals surface area contributed by atoms with Crippen LogP contribution in [0.3, 0.4) is 0 Å². The normalized spacial score (nSPS) is 11.2. The maximum atomic E-state index is 12.4. The van der Waals surface area contributed by atoms with Crippen LogP contribution < -0.4 is 14.8 Å². The van der Waals surface area contributed by atoms with Crippen LogP contribution in [-0.4, -0.2) is 32.1 Å². The lowest BCUT2D eigenvalue weighted by Crippen LogP contribution is -2.24. The molecule has 7 nitrogen and oxygen atoms in total. The molecule has 0 aliphatic heterocycles. The molecule has 158 valence electrons. The van der Waals surface area contributed by atoms with E-state index in [0.717, 1.165) is 22.4 Å². The fourth-order valence-corrected chi connectivity index (χ4v) is 4.05. The molecule has 0 saturated heterocycles. The summed E-state index contributed by atoms with van der Waals surface area (Å²) in [6.45, 7) is 1.07. The number of hydrogen-bond donors (Lipinski definition) is 2. The number of aromatic nitrogens is 1. The molecule has 0 spiro atoms. The van der Waals surface area contributed by atoms with Crippen LogP contribution in [-0.2, 0) is 29.6 Å². The highest BCUT2D eigenvalue weighted by molar-refractivity contribution is 7.88. The zero-order valence-corrected chi connectivity index (χ0v) is 18.1. The number of carbonyl (C=O) groups is 1. The van der Waals surface area contributed by atoms with Gasteiger partial charge in [0.25, 0.3) is 5.91 Å². The smallest absolute Gasteiger partial charge is 0.261 e. The van der Waals surface area contributed by atoms with Crippen LogP contribution in [0.25, 0.3) is 0 Å². The van der Waals surface area contributed by atoms with Gasteiger partial charge < -0.3 is 10.1 Å². The number of nitrogens with zero attached hydrogens (tertiary/aromatic N) is 1. The Morgan fingerprint density at radius 2 is 2.00 bits per heavy atom. The third kappa shape index (κ3) is 7.25. The second-order valence-electron chi connectivity index (χ2n) is 6.62. The average molecular weight is 446 g/mol. The van der Waals surface area contributed by atoms with Gasteiger partial charge in [0, 0.05) is 24.2 Å². The van der Waals surface area contributed by atoms with Crippen molar-refractivity contribution in [2.24, 2.45) is 0 Å². The molecular weight excluding hydrogens is 422 g/mol. The Morgan fingerprint density at radius 3 is 2.77 bits per heavy atom. The molecule has 30 heavy (non-hydrogen) atoms. The first-order valence-corrected chi connectivity index (χ1v) is 12.0. The third-order valence-corrected chi connectivity index (χ3v) is 5.96. The van der Waals surface area contributed by atoms with Gasteiger partial charge in [0.15, 0.2) is 0 Å². The van der Waals surface area contributed by atoms with Gasteiger partial charge in [-0.05, 0) is 48.4 Å². The van der Waals surface area contributed by atoms with E-state index in [1.54, 1.807) is 12.3 Å². The van der Waals surface area contributed by atoms with Crippen LogP contribution >= 0.6 is 11.3 Å². The zero-order chi connectivity index (χ0) is 21.4. The lowest BCUT2D eigenvalue weighted by molar-refractivity contribution is 0.0955. The van der Waals surface area contributed by atoms with Gasteiger partial charge in [-0.25, -0.2) is 13.1 Å².